The van der Waals surface area contributed by atoms with Gasteiger partial charge in [0.15, 0.2) is 5.65 Å². The Kier molecular flexibility index (Phi) is 5.87. The average Bonchev–Trinajstić information content (AvgIpc) is 3.38. The van der Waals surface area contributed by atoms with Crippen molar-refractivity contribution in [1.29, 1.82) is 10.7 Å². The molecule has 5 rings (SSSR count). The molecule has 3 aromatic heterocycles. The maximum Gasteiger partial charge on any atom is 0.161 e. The zero-order valence-electron chi connectivity index (χ0n) is 20.4. The number of nitrogens with one attached hydrogen (secondary N) is 2. The number of nitriles is 1. The third-order valence-electron chi connectivity index (χ3n) is 6.86. The van der Waals surface area contributed by atoms with Crippen molar-refractivity contribution in [1.82, 2.24) is 29.4 Å². The molecule has 8 nitrogen and oxygen atoms in total. The van der Waals surface area contributed by atoms with Crippen LogP contribution in [-0.2, 0) is 6.54 Å². The second-order valence-corrected chi connectivity index (χ2v) is 9.65. The lowest BCUT2D eigenvalue weighted by atomic mass is 9.85. The Morgan fingerprint density at radius 2 is 1.94 bits per heavy atom. The maximum absolute atomic E-state index is 9.34. The number of aryl methyl sites for hydroxylation is 1. The number of nitrogens with zero attached hydrogens (tertiary/aromatic N) is 6. The van der Waals surface area contributed by atoms with Crippen LogP contribution in [0.5, 0.6) is 0 Å². The predicted octanol–water partition coefficient (Wildman–Crippen LogP) is 3.89. The van der Waals surface area contributed by atoms with Crippen molar-refractivity contribution < 1.29 is 0 Å². The van der Waals surface area contributed by atoms with Crippen molar-refractivity contribution in [2.24, 2.45) is 0 Å². The van der Waals surface area contributed by atoms with Crippen molar-refractivity contribution >= 4 is 22.4 Å². The summed E-state index contributed by atoms with van der Waals surface area (Å²) in [4.78, 5) is 2.34. The second kappa shape index (κ2) is 9.01. The molecular weight excluding hydrogens is 436 g/mol. The van der Waals surface area contributed by atoms with Gasteiger partial charge >= 0.3 is 0 Å². The van der Waals surface area contributed by atoms with E-state index in [0.717, 1.165) is 46.9 Å². The van der Waals surface area contributed by atoms with Gasteiger partial charge in [0.1, 0.15) is 5.82 Å². The molecule has 35 heavy (non-hydrogen) atoms. The highest BCUT2D eigenvalue weighted by Gasteiger charge is 2.43. The number of rotatable bonds is 8. The molecule has 1 aromatic carbocycles. The Bertz CT molecular complexity index is 1450. The molecule has 2 N–H and O–H groups in total. The van der Waals surface area contributed by atoms with E-state index in [0.29, 0.717) is 24.7 Å². The molecule has 1 saturated heterocycles. The van der Waals surface area contributed by atoms with E-state index in [1.807, 2.05) is 47.9 Å². The minimum Gasteiger partial charge on any atom is -0.382 e. The first-order chi connectivity index (χ1) is 16.9. The Balaban J connectivity index is 1.48. The maximum atomic E-state index is 9.34. The third-order valence-corrected chi connectivity index (χ3v) is 6.86. The minimum atomic E-state index is -0.252. The second-order valence-electron chi connectivity index (χ2n) is 9.65. The number of likely N-dealkylation sites (tertiary alicyclic amines) is 1. The molecule has 1 fully saturated rings. The van der Waals surface area contributed by atoms with E-state index >= 15 is 0 Å². The highest BCUT2D eigenvalue weighted by Crippen LogP contribution is 2.27. The van der Waals surface area contributed by atoms with E-state index in [2.05, 4.69) is 63.1 Å². The fourth-order valence-corrected chi connectivity index (χ4v) is 4.89. The molecule has 8 heteroatoms. The fraction of sp³-hybridized carbons (Fsp3) is 0.333. The number of aromatic nitrogens is 4. The smallest absolute Gasteiger partial charge is 0.161 e. The van der Waals surface area contributed by atoms with Crippen molar-refractivity contribution in [3.05, 3.63) is 77.9 Å². The van der Waals surface area contributed by atoms with Crippen molar-refractivity contribution in [2.45, 2.75) is 45.3 Å². The molecule has 0 bridgehead atoms. The number of allylic oxidation sites excluding steroid dienone is 1. The zero-order valence-corrected chi connectivity index (χ0v) is 20.4. The summed E-state index contributed by atoms with van der Waals surface area (Å²) in [7, 11) is 0. The summed E-state index contributed by atoms with van der Waals surface area (Å²) < 4.78 is 4.21. The Morgan fingerprint density at radius 1 is 1.17 bits per heavy atom. The van der Waals surface area contributed by atoms with Gasteiger partial charge < -0.3 is 9.88 Å². The predicted molar refractivity (Wildman–Crippen MR) is 138 cm³/mol. The molecule has 0 unspecified atom stereocenters. The lowest BCUT2D eigenvalue weighted by Gasteiger charge is -2.51. The Morgan fingerprint density at radius 3 is 2.66 bits per heavy atom. The molecule has 1 aliphatic heterocycles. The fourth-order valence-electron chi connectivity index (χ4n) is 4.89. The highest BCUT2D eigenvalue weighted by atomic mass is 15.3. The third kappa shape index (κ3) is 4.19. The van der Waals surface area contributed by atoms with Crippen LogP contribution < -0.4 is 5.32 Å². The first-order valence-electron chi connectivity index (χ1n) is 11.9. The summed E-state index contributed by atoms with van der Waals surface area (Å²) in [5.41, 5.74) is 4.92. The standard InChI is InChI=1S/C27H30N8/c1-19(2)33-17-27(18-33,12-13-28)30-14-11-22(29)24-15-25-23(9-10-26-32-31-20(3)35(25)26)34(24)16-21-7-5-4-6-8-21/h4-11,14-15,19,29-30H,12,16-18H2,1-3H3/b14-11-,29-22?. The number of hydrogen-bond donors (Lipinski definition) is 2. The van der Waals surface area contributed by atoms with Crippen molar-refractivity contribution in [3.63, 3.8) is 0 Å². The van der Waals surface area contributed by atoms with Crippen LogP contribution in [0.4, 0.5) is 0 Å². The first kappa shape index (κ1) is 22.8. The largest absolute Gasteiger partial charge is 0.382 e. The molecular formula is C27H30N8. The summed E-state index contributed by atoms with van der Waals surface area (Å²) in [5.74, 6) is 0.816. The summed E-state index contributed by atoms with van der Waals surface area (Å²) in [6.07, 6.45) is 4.07. The van der Waals surface area contributed by atoms with Gasteiger partial charge in [0.2, 0.25) is 0 Å². The SMILES string of the molecule is Cc1nnc2ccc3c(cc(C(=N)/C=C\NC4(CC#N)CN(C(C)C)C4)n3Cc3ccccc3)n12. The number of pyridine rings is 1. The molecule has 0 radical (unpaired) electrons. The van der Waals surface area contributed by atoms with E-state index < -0.39 is 0 Å². The van der Waals surface area contributed by atoms with Gasteiger partial charge in [0.25, 0.3) is 0 Å². The molecule has 0 spiro atoms. The van der Waals surface area contributed by atoms with Crippen LogP contribution in [0.1, 0.15) is 37.4 Å². The molecule has 4 aromatic rings. The van der Waals surface area contributed by atoms with Crippen molar-refractivity contribution in [2.75, 3.05) is 13.1 Å². The lowest BCUT2D eigenvalue weighted by Crippen LogP contribution is -2.69. The summed E-state index contributed by atoms with van der Waals surface area (Å²) in [6.45, 7) is 8.59. The van der Waals surface area contributed by atoms with Crippen LogP contribution in [0.25, 0.3) is 16.7 Å². The minimum absolute atomic E-state index is 0.252. The van der Waals surface area contributed by atoms with Gasteiger partial charge in [-0.3, -0.25) is 14.7 Å². The molecule has 0 saturated carbocycles. The van der Waals surface area contributed by atoms with Gasteiger partial charge in [-0.1, -0.05) is 30.3 Å². The van der Waals surface area contributed by atoms with Crippen LogP contribution in [0.15, 0.2) is 60.8 Å². The molecule has 4 heterocycles. The van der Waals surface area contributed by atoms with Crippen LogP contribution in [-0.4, -0.2) is 54.4 Å². The molecule has 178 valence electrons. The van der Waals surface area contributed by atoms with E-state index in [4.69, 9.17) is 5.41 Å². The van der Waals surface area contributed by atoms with Crippen LogP contribution >= 0.6 is 0 Å². The number of fused-ring (bicyclic) bond motifs is 3. The van der Waals surface area contributed by atoms with Crippen molar-refractivity contribution in [3.8, 4) is 6.07 Å². The summed E-state index contributed by atoms with van der Waals surface area (Å²) in [5, 5.41) is 30.2. The zero-order chi connectivity index (χ0) is 24.6. The Hall–Kier alpha value is -3.96. The molecule has 1 aliphatic rings. The average molecular weight is 467 g/mol. The lowest BCUT2D eigenvalue weighted by molar-refractivity contribution is 0.0280. The summed E-state index contributed by atoms with van der Waals surface area (Å²) >= 11 is 0. The Labute approximate surface area is 205 Å². The highest BCUT2D eigenvalue weighted by molar-refractivity contribution is 6.08. The van der Waals surface area contributed by atoms with Gasteiger partial charge in [-0.25, -0.2) is 0 Å². The topological polar surface area (TPSA) is 98.0 Å². The van der Waals surface area contributed by atoms with Gasteiger partial charge in [0.05, 0.1) is 40.5 Å². The first-order valence-corrected chi connectivity index (χ1v) is 11.9. The normalized spacial score (nSPS) is 15.6. The molecule has 0 amide bonds. The quantitative estimate of drug-likeness (QED) is 0.384. The monoisotopic (exact) mass is 466 g/mol. The van der Waals surface area contributed by atoms with Crippen LogP contribution in [0.2, 0.25) is 0 Å². The summed E-state index contributed by atoms with van der Waals surface area (Å²) in [6, 6.07) is 19.1. The van der Waals surface area contributed by atoms with Gasteiger partial charge in [0, 0.05) is 25.7 Å². The van der Waals surface area contributed by atoms with Crippen LogP contribution in [0, 0.1) is 23.7 Å². The molecule has 0 atom stereocenters. The number of benzene rings is 1. The van der Waals surface area contributed by atoms with Gasteiger partial charge in [-0.2, -0.15) is 5.26 Å². The van der Waals surface area contributed by atoms with E-state index in [-0.39, 0.29) is 5.54 Å². The number of hydrogen-bond acceptors (Lipinski definition) is 6. The van der Waals surface area contributed by atoms with Gasteiger partial charge in [-0.15, -0.1) is 10.2 Å². The van der Waals surface area contributed by atoms with Gasteiger partial charge in [-0.05, 0) is 56.8 Å². The van der Waals surface area contributed by atoms with E-state index in [1.165, 1.54) is 0 Å². The van der Waals surface area contributed by atoms with E-state index in [9.17, 15) is 5.26 Å². The van der Waals surface area contributed by atoms with Crippen LogP contribution in [0.3, 0.4) is 0 Å². The molecule has 0 aliphatic carbocycles. The van der Waals surface area contributed by atoms with E-state index in [1.54, 1.807) is 6.08 Å².